The molecule has 1 aromatic carbocycles. The van der Waals surface area contributed by atoms with Crippen LogP contribution >= 0.6 is 0 Å². The molecular weight excluding hydrogens is 282 g/mol. The fourth-order valence-corrected chi connectivity index (χ4v) is 2.80. The van der Waals surface area contributed by atoms with Crippen LogP contribution in [0.25, 0.3) is 0 Å². The van der Waals surface area contributed by atoms with Gasteiger partial charge in [-0.3, -0.25) is 4.68 Å². The minimum atomic E-state index is 0.536. The predicted molar refractivity (Wildman–Crippen MR) is 97.9 cm³/mol. The Labute approximate surface area is 141 Å². The molecule has 3 nitrogen and oxygen atoms in total. The number of hydrogen-bond donors (Lipinski definition) is 0. The van der Waals surface area contributed by atoms with Gasteiger partial charge in [0.05, 0.1) is 12.7 Å². The summed E-state index contributed by atoms with van der Waals surface area (Å²) in [5, 5.41) is 4.45. The molecule has 0 bridgehead atoms. The summed E-state index contributed by atoms with van der Waals surface area (Å²) < 4.78 is 2.03. The molecule has 23 heavy (non-hydrogen) atoms. The topological polar surface area (TPSA) is 21.1 Å². The second-order valence-electron chi connectivity index (χ2n) is 7.35. The first-order chi connectivity index (χ1) is 10.9. The van der Waals surface area contributed by atoms with Gasteiger partial charge in [-0.2, -0.15) is 5.10 Å². The fourth-order valence-electron chi connectivity index (χ4n) is 2.80. The van der Waals surface area contributed by atoms with E-state index < -0.39 is 0 Å². The predicted octanol–water partition coefficient (Wildman–Crippen LogP) is 4.19. The summed E-state index contributed by atoms with van der Waals surface area (Å²) in [6, 6.07) is 8.97. The fraction of sp³-hybridized carbons (Fsp3) is 0.550. The summed E-state index contributed by atoms with van der Waals surface area (Å²) in [5.74, 6) is 1.26. The quantitative estimate of drug-likeness (QED) is 0.729. The second-order valence-corrected chi connectivity index (χ2v) is 7.35. The van der Waals surface area contributed by atoms with Crippen molar-refractivity contribution in [3.63, 3.8) is 0 Å². The van der Waals surface area contributed by atoms with E-state index >= 15 is 0 Å². The highest BCUT2D eigenvalue weighted by molar-refractivity contribution is 5.23. The third-order valence-corrected chi connectivity index (χ3v) is 4.15. The van der Waals surface area contributed by atoms with Crippen molar-refractivity contribution in [2.75, 3.05) is 20.1 Å². The lowest BCUT2D eigenvalue weighted by Gasteiger charge is -2.18. The van der Waals surface area contributed by atoms with Crippen LogP contribution in [0.4, 0.5) is 0 Å². The normalized spacial score (nSPS) is 11.8. The standard InChI is InChI=1S/C20H31N3/c1-16(2)13-22(5)11-10-18-6-8-19(9-7-18)14-23-15-20(12-21-23)17(3)4/h6-9,12,15-17H,10-11,13-14H2,1-5H3. The van der Waals surface area contributed by atoms with Crippen molar-refractivity contribution in [2.24, 2.45) is 5.92 Å². The number of rotatable bonds is 8. The Balaban J connectivity index is 1.86. The number of likely N-dealkylation sites (N-methyl/N-ethyl adjacent to an activating group) is 1. The molecule has 0 amide bonds. The van der Waals surface area contributed by atoms with E-state index in [2.05, 4.69) is 75.2 Å². The van der Waals surface area contributed by atoms with Crippen molar-refractivity contribution in [1.82, 2.24) is 14.7 Å². The first-order valence-electron chi connectivity index (χ1n) is 8.72. The Kier molecular flexibility index (Phi) is 6.40. The smallest absolute Gasteiger partial charge is 0.0659 e. The van der Waals surface area contributed by atoms with Gasteiger partial charge in [-0.1, -0.05) is 52.0 Å². The van der Waals surface area contributed by atoms with Crippen LogP contribution in [-0.2, 0) is 13.0 Å². The maximum atomic E-state index is 4.45. The molecule has 0 saturated heterocycles. The second kappa shape index (κ2) is 8.30. The molecule has 2 aromatic rings. The zero-order chi connectivity index (χ0) is 16.8. The highest BCUT2D eigenvalue weighted by Gasteiger charge is 2.05. The summed E-state index contributed by atoms with van der Waals surface area (Å²) in [4.78, 5) is 2.41. The first-order valence-corrected chi connectivity index (χ1v) is 8.72. The largest absolute Gasteiger partial charge is 0.306 e. The van der Waals surface area contributed by atoms with Gasteiger partial charge in [0.2, 0.25) is 0 Å². The van der Waals surface area contributed by atoms with Gasteiger partial charge in [0, 0.05) is 19.3 Å². The molecule has 0 atom stereocenters. The maximum absolute atomic E-state index is 4.45. The lowest BCUT2D eigenvalue weighted by molar-refractivity contribution is 0.299. The highest BCUT2D eigenvalue weighted by Crippen LogP contribution is 2.14. The summed E-state index contributed by atoms with van der Waals surface area (Å²) in [7, 11) is 2.21. The SMILES string of the molecule is CC(C)CN(C)CCc1ccc(Cn2cc(C(C)C)cn2)cc1. The van der Waals surface area contributed by atoms with E-state index in [-0.39, 0.29) is 0 Å². The Morgan fingerprint density at radius 3 is 2.26 bits per heavy atom. The molecule has 0 unspecified atom stereocenters. The Morgan fingerprint density at radius 2 is 1.70 bits per heavy atom. The van der Waals surface area contributed by atoms with E-state index in [4.69, 9.17) is 0 Å². The minimum absolute atomic E-state index is 0.536. The first kappa shape index (κ1) is 17.7. The third kappa shape index (κ3) is 5.83. The van der Waals surface area contributed by atoms with E-state index in [1.54, 1.807) is 0 Å². The van der Waals surface area contributed by atoms with Crippen molar-refractivity contribution < 1.29 is 0 Å². The van der Waals surface area contributed by atoms with Crippen molar-refractivity contribution in [3.05, 3.63) is 53.3 Å². The van der Waals surface area contributed by atoms with Crippen LogP contribution in [-0.4, -0.2) is 34.8 Å². The summed E-state index contributed by atoms with van der Waals surface area (Å²) in [6.07, 6.45) is 5.24. The Morgan fingerprint density at radius 1 is 1.04 bits per heavy atom. The van der Waals surface area contributed by atoms with Crippen LogP contribution < -0.4 is 0 Å². The average molecular weight is 313 g/mol. The van der Waals surface area contributed by atoms with Crippen molar-refractivity contribution in [2.45, 2.75) is 46.6 Å². The number of aromatic nitrogens is 2. The molecule has 0 aliphatic carbocycles. The van der Waals surface area contributed by atoms with Gasteiger partial charge in [0.1, 0.15) is 0 Å². The lowest BCUT2D eigenvalue weighted by atomic mass is 10.1. The van der Waals surface area contributed by atoms with E-state index in [1.165, 1.54) is 16.7 Å². The van der Waals surface area contributed by atoms with E-state index in [0.717, 1.165) is 32.0 Å². The summed E-state index contributed by atoms with van der Waals surface area (Å²) in [6.45, 7) is 12.1. The molecule has 0 spiro atoms. The van der Waals surface area contributed by atoms with Gasteiger partial charge in [0.25, 0.3) is 0 Å². The minimum Gasteiger partial charge on any atom is -0.306 e. The zero-order valence-electron chi connectivity index (χ0n) is 15.3. The van der Waals surface area contributed by atoms with Crippen molar-refractivity contribution in [3.8, 4) is 0 Å². The van der Waals surface area contributed by atoms with Crippen molar-refractivity contribution >= 4 is 0 Å². The lowest BCUT2D eigenvalue weighted by Crippen LogP contribution is -2.25. The molecule has 3 heteroatoms. The van der Waals surface area contributed by atoms with E-state index in [1.807, 2.05) is 10.9 Å². The molecular formula is C20H31N3. The molecule has 1 heterocycles. The van der Waals surface area contributed by atoms with Crippen molar-refractivity contribution in [1.29, 1.82) is 0 Å². The molecule has 0 saturated carbocycles. The van der Waals surface area contributed by atoms with Crippen LogP contribution in [0.3, 0.4) is 0 Å². The number of hydrogen-bond acceptors (Lipinski definition) is 2. The molecule has 2 rings (SSSR count). The zero-order valence-corrected chi connectivity index (χ0v) is 15.3. The van der Waals surface area contributed by atoms with Crippen LogP contribution in [0.15, 0.2) is 36.7 Å². The number of benzene rings is 1. The van der Waals surface area contributed by atoms with Crippen LogP contribution in [0.2, 0.25) is 0 Å². The van der Waals surface area contributed by atoms with Gasteiger partial charge in [0.15, 0.2) is 0 Å². The molecule has 126 valence electrons. The van der Waals surface area contributed by atoms with Gasteiger partial charge in [-0.05, 0) is 42.0 Å². The molecule has 0 aliphatic rings. The average Bonchev–Trinajstić information content (AvgIpc) is 2.95. The van der Waals surface area contributed by atoms with E-state index in [0.29, 0.717) is 5.92 Å². The van der Waals surface area contributed by atoms with Gasteiger partial charge < -0.3 is 4.90 Å². The maximum Gasteiger partial charge on any atom is 0.0659 e. The van der Waals surface area contributed by atoms with Crippen LogP contribution in [0.1, 0.15) is 50.3 Å². The van der Waals surface area contributed by atoms with Gasteiger partial charge >= 0.3 is 0 Å². The molecule has 0 radical (unpaired) electrons. The molecule has 0 fully saturated rings. The molecule has 1 aromatic heterocycles. The third-order valence-electron chi connectivity index (χ3n) is 4.15. The molecule has 0 aliphatic heterocycles. The van der Waals surface area contributed by atoms with Crippen LogP contribution in [0.5, 0.6) is 0 Å². The Bertz CT molecular complexity index is 581. The number of nitrogens with zero attached hydrogens (tertiary/aromatic N) is 3. The summed E-state index contributed by atoms with van der Waals surface area (Å²) >= 11 is 0. The summed E-state index contributed by atoms with van der Waals surface area (Å²) in [5.41, 5.74) is 4.02. The highest BCUT2D eigenvalue weighted by atomic mass is 15.3. The van der Waals surface area contributed by atoms with Crippen LogP contribution in [0, 0.1) is 5.92 Å². The van der Waals surface area contributed by atoms with Gasteiger partial charge in [-0.15, -0.1) is 0 Å². The Hall–Kier alpha value is -1.61. The van der Waals surface area contributed by atoms with E-state index in [9.17, 15) is 0 Å². The molecule has 0 N–H and O–H groups in total. The monoisotopic (exact) mass is 313 g/mol. The van der Waals surface area contributed by atoms with Gasteiger partial charge in [-0.25, -0.2) is 0 Å².